The predicted molar refractivity (Wildman–Crippen MR) is 84.1 cm³/mol. The van der Waals surface area contributed by atoms with Crippen LogP contribution in [0.1, 0.15) is 26.3 Å². The Balaban J connectivity index is 0.000000261. The van der Waals surface area contributed by atoms with Crippen LogP contribution in [-0.4, -0.2) is 28.5 Å². The predicted octanol–water partition coefficient (Wildman–Crippen LogP) is 2.39. The number of ether oxygens (including phenoxy) is 1. The highest BCUT2D eigenvalue weighted by Crippen LogP contribution is 2.13. The van der Waals surface area contributed by atoms with E-state index < -0.39 is 11.8 Å². The van der Waals surface area contributed by atoms with Crippen molar-refractivity contribution in [1.82, 2.24) is 4.98 Å². The third kappa shape index (κ3) is 6.85. The van der Waals surface area contributed by atoms with Gasteiger partial charge in [-0.1, -0.05) is 30.4 Å². The van der Waals surface area contributed by atoms with E-state index in [-0.39, 0.29) is 6.61 Å². The number of hydrogen-bond acceptors (Lipinski definition) is 5. The number of aliphatic hydroxyl groups is 1. The third-order valence-electron chi connectivity index (χ3n) is 2.42. The molecular formula is C17H20NO4-. The van der Waals surface area contributed by atoms with Gasteiger partial charge in [0, 0.05) is 17.2 Å². The average molecular weight is 302 g/mol. The maximum Gasteiger partial charge on any atom is 0.252 e. The van der Waals surface area contributed by atoms with Gasteiger partial charge in [-0.15, -0.1) is 0 Å². The van der Waals surface area contributed by atoms with Gasteiger partial charge in [-0.25, -0.2) is 0 Å². The normalized spacial score (nSPS) is 11.1. The van der Waals surface area contributed by atoms with Crippen LogP contribution in [0.4, 0.5) is 4.79 Å². The molecule has 0 atom stereocenters. The molecule has 118 valence electrons. The van der Waals surface area contributed by atoms with Crippen molar-refractivity contribution in [2.24, 2.45) is 0 Å². The van der Waals surface area contributed by atoms with Gasteiger partial charge < -0.3 is 19.7 Å². The van der Waals surface area contributed by atoms with Crippen LogP contribution in [0.2, 0.25) is 0 Å². The maximum absolute atomic E-state index is 9.68. The monoisotopic (exact) mass is 302 g/mol. The van der Waals surface area contributed by atoms with Crippen LogP contribution < -0.4 is 5.11 Å². The number of fused-ring (bicyclic) bond motifs is 1. The highest BCUT2D eigenvalue weighted by atomic mass is 16.7. The molecule has 0 saturated heterocycles. The lowest BCUT2D eigenvalue weighted by molar-refractivity contribution is -0.292. The summed E-state index contributed by atoms with van der Waals surface area (Å²) < 4.78 is 4.24. The molecule has 22 heavy (non-hydrogen) atoms. The molecule has 0 radical (unpaired) electrons. The van der Waals surface area contributed by atoms with E-state index in [2.05, 4.69) is 15.8 Å². The fraction of sp³-hybridized carbons (Fsp3) is 0.294. The second-order valence-corrected chi connectivity index (χ2v) is 5.51. The molecule has 2 aromatic rings. The van der Waals surface area contributed by atoms with Crippen LogP contribution in [0.15, 0.2) is 42.6 Å². The van der Waals surface area contributed by atoms with Crippen molar-refractivity contribution in [1.29, 1.82) is 0 Å². The zero-order chi connectivity index (χ0) is 16.6. The number of aromatic nitrogens is 1. The van der Waals surface area contributed by atoms with Crippen molar-refractivity contribution in [2.75, 3.05) is 6.61 Å². The maximum atomic E-state index is 9.68. The number of hydrogen-bond donors (Lipinski definition) is 1. The SMILES string of the molecule is CC(C)(C)OC(=O)[O-].OC/C=C\c1cnc2ccccc2c1. The van der Waals surface area contributed by atoms with E-state index >= 15 is 0 Å². The van der Waals surface area contributed by atoms with Crippen molar-refractivity contribution in [3.63, 3.8) is 0 Å². The van der Waals surface area contributed by atoms with Gasteiger partial charge in [-0.3, -0.25) is 4.98 Å². The van der Waals surface area contributed by atoms with Gasteiger partial charge in [-0.2, -0.15) is 0 Å². The van der Waals surface area contributed by atoms with E-state index in [0.717, 1.165) is 16.5 Å². The topological polar surface area (TPSA) is 82.5 Å². The molecule has 0 fully saturated rings. The molecule has 0 amide bonds. The Morgan fingerprint density at radius 3 is 2.59 bits per heavy atom. The van der Waals surface area contributed by atoms with E-state index in [4.69, 9.17) is 5.11 Å². The van der Waals surface area contributed by atoms with E-state index in [9.17, 15) is 9.90 Å². The standard InChI is InChI=1S/C12H11NO.C5H10O3/c14-7-3-4-10-8-11-5-1-2-6-12(11)13-9-10;1-5(2,3)8-4(6)7/h1-6,8-9,14H,7H2;1-3H3,(H,6,7)/p-1/b4-3-;. The highest BCUT2D eigenvalue weighted by Gasteiger charge is 2.05. The van der Waals surface area contributed by atoms with Gasteiger partial charge >= 0.3 is 0 Å². The Morgan fingerprint density at radius 1 is 1.36 bits per heavy atom. The molecule has 1 heterocycles. The number of para-hydroxylation sites is 1. The summed E-state index contributed by atoms with van der Waals surface area (Å²) in [6.07, 6.45) is 3.89. The van der Waals surface area contributed by atoms with Crippen LogP contribution in [-0.2, 0) is 4.74 Å². The second-order valence-electron chi connectivity index (χ2n) is 5.51. The summed E-state index contributed by atoms with van der Waals surface area (Å²) in [7, 11) is 0. The summed E-state index contributed by atoms with van der Waals surface area (Å²) >= 11 is 0. The Labute approximate surface area is 129 Å². The minimum absolute atomic E-state index is 0.0623. The Hall–Kier alpha value is -2.40. The molecule has 1 N–H and O–H groups in total. The third-order valence-corrected chi connectivity index (χ3v) is 2.42. The largest absolute Gasteiger partial charge is 0.544 e. The van der Waals surface area contributed by atoms with Gasteiger partial charge in [-0.05, 0) is 38.5 Å². The van der Waals surface area contributed by atoms with Gasteiger partial charge in [0.1, 0.15) is 0 Å². The molecule has 0 saturated carbocycles. The molecule has 5 nitrogen and oxygen atoms in total. The summed E-state index contributed by atoms with van der Waals surface area (Å²) in [5, 5.41) is 19.4. The molecule has 0 aliphatic rings. The van der Waals surface area contributed by atoms with Crippen molar-refractivity contribution >= 4 is 23.1 Å². The minimum Gasteiger partial charge on any atom is -0.544 e. The number of benzene rings is 1. The smallest absolute Gasteiger partial charge is 0.252 e. The summed E-state index contributed by atoms with van der Waals surface area (Å²) in [6.45, 7) is 4.99. The van der Waals surface area contributed by atoms with Crippen molar-refractivity contribution in [3.05, 3.63) is 48.2 Å². The van der Waals surface area contributed by atoms with Crippen molar-refractivity contribution < 1.29 is 19.7 Å². The average Bonchev–Trinajstić information content (AvgIpc) is 2.43. The summed E-state index contributed by atoms with van der Waals surface area (Å²) in [4.78, 5) is 14.0. The summed E-state index contributed by atoms with van der Waals surface area (Å²) in [6, 6.07) is 10.0. The lowest BCUT2D eigenvalue weighted by atomic mass is 10.1. The van der Waals surface area contributed by atoms with Crippen LogP contribution in [0.5, 0.6) is 0 Å². The quantitative estimate of drug-likeness (QED) is 0.861. The first-order chi connectivity index (χ1) is 10.3. The van der Waals surface area contributed by atoms with Gasteiger partial charge in [0.25, 0.3) is 6.16 Å². The summed E-state index contributed by atoms with van der Waals surface area (Å²) in [5.74, 6) is 0. The van der Waals surface area contributed by atoms with Crippen LogP contribution in [0.25, 0.3) is 17.0 Å². The van der Waals surface area contributed by atoms with E-state index in [1.807, 2.05) is 30.3 Å². The van der Waals surface area contributed by atoms with Crippen LogP contribution in [0.3, 0.4) is 0 Å². The Bertz CT molecular complexity index is 644. The zero-order valence-electron chi connectivity index (χ0n) is 12.9. The molecule has 0 unspecified atom stereocenters. The molecule has 1 aromatic heterocycles. The van der Waals surface area contributed by atoms with Gasteiger partial charge in [0.05, 0.1) is 12.1 Å². The number of pyridine rings is 1. The number of carboxylic acid groups (broad SMARTS) is 1. The first-order valence-electron chi connectivity index (χ1n) is 6.84. The first-order valence-corrected chi connectivity index (χ1v) is 6.84. The minimum atomic E-state index is -1.47. The van der Waals surface area contributed by atoms with Crippen LogP contribution in [0, 0.1) is 0 Å². The van der Waals surface area contributed by atoms with Crippen molar-refractivity contribution in [3.8, 4) is 0 Å². The Kier molecular flexibility index (Phi) is 6.53. The summed E-state index contributed by atoms with van der Waals surface area (Å²) in [5.41, 5.74) is 1.37. The molecular weight excluding hydrogens is 282 g/mol. The lowest BCUT2D eigenvalue weighted by Gasteiger charge is -2.24. The molecule has 1 aromatic carbocycles. The molecule has 2 rings (SSSR count). The number of carbonyl (C=O) groups is 1. The molecule has 0 aliphatic carbocycles. The number of carbonyl (C=O) groups excluding carboxylic acids is 1. The zero-order valence-corrected chi connectivity index (χ0v) is 12.9. The van der Waals surface area contributed by atoms with Crippen molar-refractivity contribution in [2.45, 2.75) is 26.4 Å². The van der Waals surface area contributed by atoms with E-state index in [1.54, 1.807) is 33.0 Å². The van der Waals surface area contributed by atoms with Gasteiger partial charge in [0.15, 0.2) is 0 Å². The number of nitrogens with zero attached hydrogens (tertiary/aromatic N) is 1. The highest BCUT2D eigenvalue weighted by molar-refractivity contribution is 5.80. The van der Waals surface area contributed by atoms with Crippen LogP contribution >= 0.6 is 0 Å². The number of rotatable bonds is 2. The molecule has 0 spiro atoms. The molecule has 5 heteroatoms. The van der Waals surface area contributed by atoms with E-state index in [1.165, 1.54) is 0 Å². The first kappa shape index (κ1) is 17.7. The fourth-order valence-corrected chi connectivity index (χ4v) is 1.62. The van der Waals surface area contributed by atoms with Gasteiger partial charge in [0.2, 0.25) is 0 Å². The fourth-order valence-electron chi connectivity index (χ4n) is 1.62. The second kappa shape index (κ2) is 8.14. The molecule has 0 aliphatic heterocycles. The number of aliphatic hydroxyl groups excluding tert-OH is 1. The lowest BCUT2D eigenvalue weighted by Crippen LogP contribution is -2.32. The van der Waals surface area contributed by atoms with E-state index in [0.29, 0.717) is 0 Å². The molecule has 0 bridgehead atoms. The Morgan fingerprint density at radius 2 is 2.05 bits per heavy atom.